The average molecular weight is 334 g/mol. The molecule has 24 heavy (non-hydrogen) atoms. The molecular formula is C19H30N2O3. The third-order valence-electron chi connectivity index (χ3n) is 4.67. The molecule has 0 spiro atoms. The first-order chi connectivity index (χ1) is 11.0. The fraction of sp³-hybridized carbons (Fsp3) is 0.632. The molecule has 134 valence electrons. The summed E-state index contributed by atoms with van der Waals surface area (Å²) < 4.78 is 0. The molecule has 5 heteroatoms. The van der Waals surface area contributed by atoms with Crippen LogP contribution in [0.3, 0.4) is 0 Å². The molecule has 1 saturated carbocycles. The van der Waals surface area contributed by atoms with Crippen molar-refractivity contribution in [3.8, 4) is 0 Å². The lowest BCUT2D eigenvalue weighted by atomic mass is 9.92. The Morgan fingerprint density at radius 1 is 1.21 bits per heavy atom. The third kappa shape index (κ3) is 4.01. The Bertz CT molecular complexity index is 601. The van der Waals surface area contributed by atoms with E-state index in [1.807, 2.05) is 58.9 Å². The Hall–Kier alpha value is -1.75. The molecule has 0 aliphatic heterocycles. The maximum Gasteiger partial charge on any atom is 0.408 e. The second-order valence-electron chi connectivity index (χ2n) is 8.36. The quantitative estimate of drug-likeness (QED) is 0.734. The van der Waals surface area contributed by atoms with Crippen LogP contribution < -0.4 is 5.32 Å². The first-order valence-corrected chi connectivity index (χ1v) is 8.56. The van der Waals surface area contributed by atoms with Crippen LogP contribution in [0.5, 0.6) is 0 Å². The van der Waals surface area contributed by atoms with Gasteiger partial charge in [0.15, 0.2) is 0 Å². The van der Waals surface area contributed by atoms with Crippen molar-refractivity contribution in [3.05, 3.63) is 29.8 Å². The molecule has 3 N–H and O–H groups in total. The van der Waals surface area contributed by atoms with Crippen molar-refractivity contribution < 1.29 is 15.0 Å². The van der Waals surface area contributed by atoms with E-state index in [-0.39, 0.29) is 0 Å². The van der Waals surface area contributed by atoms with Crippen molar-refractivity contribution in [2.45, 2.75) is 70.6 Å². The normalized spacial score (nSPS) is 16.6. The van der Waals surface area contributed by atoms with Gasteiger partial charge in [-0.15, -0.1) is 0 Å². The molecular weight excluding hydrogens is 304 g/mol. The average Bonchev–Trinajstić information content (AvgIpc) is 3.15. The number of para-hydroxylation sites is 1. The monoisotopic (exact) mass is 334 g/mol. The van der Waals surface area contributed by atoms with E-state index in [4.69, 9.17) is 0 Å². The molecule has 0 bridgehead atoms. The number of hydrogen-bond donors (Lipinski definition) is 3. The van der Waals surface area contributed by atoms with Gasteiger partial charge >= 0.3 is 6.09 Å². The fourth-order valence-corrected chi connectivity index (χ4v) is 3.50. The maximum absolute atomic E-state index is 11.7. The molecule has 0 atom stereocenters. The minimum atomic E-state index is -0.903. The standard InChI is InChI=1S/C19H30N2O3/c1-17(2,3)21(16(22)23)18(4,5)12-13-20-15-9-7-6-8-14(15)19(24)10-11-19/h6-9,20,24H,10-13H2,1-5H3,(H,22,23). The van der Waals surface area contributed by atoms with E-state index >= 15 is 0 Å². The van der Waals surface area contributed by atoms with Crippen LogP contribution in [0.1, 0.15) is 59.4 Å². The van der Waals surface area contributed by atoms with E-state index in [0.29, 0.717) is 13.0 Å². The summed E-state index contributed by atoms with van der Waals surface area (Å²) in [7, 11) is 0. The molecule has 1 aliphatic carbocycles. The van der Waals surface area contributed by atoms with Crippen molar-refractivity contribution in [1.82, 2.24) is 4.90 Å². The van der Waals surface area contributed by atoms with Crippen molar-refractivity contribution in [1.29, 1.82) is 0 Å². The summed E-state index contributed by atoms with van der Waals surface area (Å²) in [5.41, 5.74) is 0.232. The number of carboxylic acid groups (broad SMARTS) is 1. The Morgan fingerprint density at radius 3 is 2.29 bits per heavy atom. The van der Waals surface area contributed by atoms with Gasteiger partial charge in [0, 0.05) is 28.9 Å². The lowest BCUT2D eigenvalue weighted by molar-refractivity contribution is 0.0308. The number of hydrogen-bond acceptors (Lipinski definition) is 3. The summed E-state index contributed by atoms with van der Waals surface area (Å²) >= 11 is 0. The summed E-state index contributed by atoms with van der Waals surface area (Å²) in [6.45, 7) is 10.3. The number of carbonyl (C=O) groups is 1. The SMILES string of the molecule is CC(C)(C)N(C(=O)O)C(C)(C)CCNc1ccccc1C1(O)CC1. The molecule has 2 rings (SSSR count). The van der Waals surface area contributed by atoms with Gasteiger partial charge in [0.25, 0.3) is 0 Å². The summed E-state index contributed by atoms with van der Waals surface area (Å²) in [5.74, 6) is 0. The van der Waals surface area contributed by atoms with Crippen molar-refractivity contribution in [2.24, 2.45) is 0 Å². The lowest BCUT2D eigenvalue weighted by Crippen LogP contribution is -2.57. The zero-order valence-electron chi connectivity index (χ0n) is 15.4. The fourth-order valence-electron chi connectivity index (χ4n) is 3.50. The minimum Gasteiger partial charge on any atom is -0.465 e. The van der Waals surface area contributed by atoms with Gasteiger partial charge in [-0.3, -0.25) is 4.90 Å². The summed E-state index contributed by atoms with van der Waals surface area (Å²) in [5, 5.41) is 23.4. The highest BCUT2D eigenvalue weighted by Gasteiger charge is 2.43. The zero-order chi connectivity index (χ0) is 18.2. The van der Waals surface area contributed by atoms with Crippen LogP contribution in [-0.2, 0) is 5.60 Å². The van der Waals surface area contributed by atoms with Crippen LogP contribution in [0.25, 0.3) is 0 Å². The van der Waals surface area contributed by atoms with Gasteiger partial charge in [0.1, 0.15) is 0 Å². The highest BCUT2D eigenvalue weighted by molar-refractivity contribution is 5.67. The Balaban J connectivity index is 2.05. The number of nitrogens with one attached hydrogen (secondary N) is 1. The van der Waals surface area contributed by atoms with Crippen LogP contribution in [0, 0.1) is 0 Å². The van der Waals surface area contributed by atoms with Crippen LogP contribution in [0.4, 0.5) is 10.5 Å². The number of rotatable bonds is 6. The highest BCUT2D eigenvalue weighted by Crippen LogP contribution is 2.47. The molecule has 1 fully saturated rings. The van der Waals surface area contributed by atoms with Crippen LogP contribution >= 0.6 is 0 Å². The van der Waals surface area contributed by atoms with Crippen LogP contribution in [0.15, 0.2) is 24.3 Å². The highest BCUT2D eigenvalue weighted by atomic mass is 16.4. The van der Waals surface area contributed by atoms with E-state index in [1.165, 1.54) is 4.90 Å². The molecule has 1 amide bonds. The second-order valence-corrected chi connectivity index (χ2v) is 8.36. The number of anilines is 1. The molecule has 0 radical (unpaired) electrons. The Morgan fingerprint density at radius 2 is 1.79 bits per heavy atom. The van der Waals surface area contributed by atoms with Crippen LogP contribution in [-0.4, -0.2) is 38.8 Å². The van der Waals surface area contributed by atoms with Gasteiger partial charge in [-0.05, 0) is 59.9 Å². The molecule has 1 aromatic rings. The second kappa shape index (κ2) is 6.28. The molecule has 0 unspecified atom stereocenters. The van der Waals surface area contributed by atoms with E-state index in [9.17, 15) is 15.0 Å². The molecule has 5 nitrogen and oxygen atoms in total. The number of nitrogens with zero attached hydrogens (tertiary/aromatic N) is 1. The van der Waals surface area contributed by atoms with Crippen molar-refractivity contribution >= 4 is 11.8 Å². The summed E-state index contributed by atoms with van der Waals surface area (Å²) in [6, 6.07) is 7.81. The van der Waals surface area contributed by atoms with Gasteiger partial charge < -0.3 is 15.5 Å². The predicted molar refractivity (Wildman–Crippen MR) is 96.4 cm³/mol. The van der Waals surface area contributed by atoms with Crippen LogP contribution in [0.2, 0.25) is 0 Å². The van der Waals surface area contributed by atoms with Gasteiger partial charge in [0.05, 0.1) is 5.60 Å². The zero-order valence-corrected chi connectivity index (χ0v) is 15.4. The predicted octanol–water partition coefficient (Wildman–Crippen LogP) is 4.03. The van der Waals surface area contributed by atoms with Gasteiger partial charge in [0.2, 0.25) is 0 Å². The van der Waals surface area contributed by atoms with E-state index < -0.39 is 22.8 Å². The lowest BCUT2D eigenvalue weighted by Gasteiger charge is -2.45. The van der Waals surface area contributed by atoms with Gasteiger partial charge in [-0.25, -0.2) is 4.79 Å². The molecule has 1 aromatic carbocycles. The Labute approximate surface area is 144 Å². The van der Waals surface area contributed by atoms with Crippen molar-refractivity contribution in [2.75, 3.05) is 11.9 Å². The topological polar surface area (TPSA) is 72.8 Å². The molecule has 0 aromatic heterocycles. The third-order valence-corrected chi connectivity index (χ3v) is 4.67. The molecule has 1 aliphatic rings. The summed E-state index contributed by atoms with van der Waals surface area (Å²) in [6.07, 6.45) is 1.37. The molecule has 0 saturated heterocycles. The number of amides is 1. The number of benzene rings is 1. The summed E-state index contributed by atoms with van der Waals surface area (Å²) in [4.78, 5) is 13.2. The van der Waals surface area contributed by atoms with E-state index in [1.54, 1.807) is 0 Å². The minimum absolute atomic E-state index is 0.462. The number of aliphatic hydroxyl groups is 1. The first kappa shape index (κ1) is 18.6. The van der Waals surface area contributed by atoms with E-state index in [0.717, 1.165) is 24.1 Å². The smallest absolute Gasteiger partial charge is 0.408 e. The van der Waals surface area contributed by atoms with Gasteiger partial charge in [-0.1, -0.05) is 18.2 Å². The largest absolute Gasteiger partial charge is 0.465 e. The first-order valence-electron chi connectivity index (χ1n) is 8.56. The van der Waals surface area contributed by atoms with E-state index in [2.05, 4.69) is 5.32 Å². The van der Waals surface area contributed by atoms with Crippen molar-refractivity contribution in [3.63, 3.8) is 0 Å². The maximum atomic E-state index is 11.7. The molecule has 0 heterocycles. The Kier molecular flexibility index (Phi) is 4.86. The van der Waals surface area contributed by atoms with Gasteiger partial charge in [-0.2, -0.15) is 0 Å².